The average molecular weight is 480 g/mol. The van der Waals surface area contributed by atoms with Crippen LogP contribution in [-0.2, 0) is 22.6 Å². The van der Waals surface area contributed by atoms with E-state index in [1.54, 1.807) is 13.0 Å². The van der Waals surface area contributed by atoms with Gasteiger partial charge in [0.15, 0.2) is 0 Å². The number of carbonyl (C=O) groups is 2. The lowest BCUT2D eigenvalue weighted by molar-refractivity contribution is -0.129. The lowest BCUT2D eigenvalue weighted by Gasteiger charge is -2.18. The number of aryl methyl sites for hydroxylation is 1. The number of nitrogens with zero attached hydrogens (tertiary/aromatic N) is 1. The molecule has 2 amide bonds. The maximum Gasteiger partial charge on any atom is 0.242 e. The van der Waals surface area contributed by atoms with Gasteiger partial charge < -0.3 is 21.7 Å². The molecule has 7 nitrogen and oxygen atoms in total. The Hall–Kier alpha value is -3.16. The predicted octanol–water partition coefficient (Wildman–Crippen LogP) is 3.12. The molecule has 2 heterocycles. The molecule has 4 rings (SSSR count). The number of halogens is 1. The van der Waals surface area contributed by atoms with E-state index in [2.05, 4.69) is 33.1 Å². The van der Waals surface area contributed by atoms with Crippen molar-refractivity contribution < 1.29 is 9.59 Å². The Morgan fingerprint density at radius 1 is 1.21 bits per heavy atom. The summed E-state index contributed by atoms with van der Waals surface area (Å²) in [4.78, 5) is 29.5. The van der Waals surface area contributed by atoms with Crippen molar-refractivity contribution in [1.82, 2.24) is 20.9 Å². The predicted molar refractivity (Wildman–Crippen MR) is 135 cm³/mol. The summed E-state index contributed by atoms with van der Waals surface area (Å²) in [6.07, 6.45) is 1.54. The molecule has 34 heavy (non-hydrogen) atoms. The van der Waals surface area contributed by atoms with E-state index in [0.717, 1.165) is 34.6 Å². The van der Waals surface area contributed by atoms with Gasteiger partial charge in [0.05, 0.1) is 6.04 Å². The number of aromatic nitrogens is 1. The van der Waals surface area contributed by atoms with Crippen molar-refractivity contribution in [3.63, 3.8) is 0 Å². The number of pyridine rings is 1. The van der Waals surface area contributed by atoms with Crippen LogP contribution in [0.3, 0.4) is 0 Å². The minimum Gasteiger partial charge on any atom is -0.384 e. The van der Waals surface area contributed by atoms with Crippen molar-refractivity contribution in [1.29, 1.82) is 0 Å². The second-order valence-electron chi connectivity index (χ2n) is 8.98. The zero-order valence-electron chi connectivity index (χ0n) is 19.4. The van der Waals surface area contributed by atoms with E-state index >= 15 is 0 Å². The Morgan fingerprint density at radius 3 is 2.79 bits per heavy atom. The fraction of sp³-hybridized carbons (Fsp3) is 0.346. The molecule has 0 bridgehead atoms. The molecule has 0 spiro atoms. The first kappa shape index (κ1) is 24.0. The van der Waals surface area contributed by atoms with Gasteiger partial charge in [0.2, 0.25) is 11.8 Å². The summed E-state index contributed by atoms with van der Waals surface area (Å²) in [6.45, 7) is 4.60. The molecule has 1 aliphatic heterocycles. The minimum atomic E-state index is -0.646. The largest absolute Gasteiger partial charge is 0.384 e. The number of nitrogen functional groups attached to an aromatic ring is 1. The number of anilines is 1. The number of carbonyl (C=O) groups excluding carboxylic acids is 2. The van der Waals surface area contributed by atoms with Crippen LogP contribution in [0.1, 0.15) is 30.2 Å². The molecule has 178 valence electrons. The summed E-state index contributed by atoms with van der Waals surface area (Å²) in [6, 6.07) is 14.8. The SMILES string of the molecule is Cc1nc(N)ccc1CNC(=O)[C@H](C)NC(=O)[C@H]1C[C@H](Cc2cc(Cl)cc3ccccc23)CN1. The Labute approximate surface area is 204 Å². The highest BCUT2D eigenvalue weighted by Crippen LogP contribution is 2.28. The van der Waals surface area contributed by atoms with Crippen LogP contribution < -0.4 is 21.7 Å². The molecule has 8 heteroatoms. The standard InChI is InChI=1S/C26H30ClN5O2/c1-15-19(7-8-24(28)31-15)14-30-25(33)16(2)32-26(34)23-10-17(13-29-23)9-20-12-21(27)11-18-5-3-4-6-22(18)20/h3-8,11-12,16-17,23,29H,9-10,13-14H2,1-2H3,(H2,28,31)(H,30,33)(H,32,34)/t16-,17-,23+/m0/s1. The van der Waals surface area contributed by atoms with Crippen molar-refractivity contribution >= 4 is 40.0 Å². The number of nitrogens with one attached hydrogen (secondary N) is 3. The van der Waals surface area contributed by atoms with Crippen LogP contribution in [-0.4, -0.2) is 35.4 Å². The fourth-order valence-electron chi connectivity index (χ4n) is 4.50. The molecule has 5 N–H and O–H groups in total. The van der Waals surface area contributed by atoms with Crippen LogP contribution in [0.2, 0.25) is 5.02 Å². The van der Waals surface area contributed by atoms with E-state index in [0.29, 0.717) is 24.7 Å². The van der Waals surface area contributed by atoms with Crippen LogP contribution in [0.25, 0.3) is 10.8 Å². The first-order valence-electron chi connectivity index (χ1n) is 11.5. The lowest BCUT2D eigenvalue weighted by atomic mass is 9.93. The maximum atomic E-state index is 12.8. The van der Waals surface area contributed by atoms with Crippen molar-refractivity contribution in [2.45, 2.75) is 45.3 Å². The van der Waals surface area contributed by atoms with Gasteiger partial charge >= 0.3 is 0 Å². The van der Waals surface area contributed by atoms with Crippen molar-refractivity contribution in [3.8, 4) is 0 Å². The molecule has 0 unspecified atom stereocenters. The molecular weight excluding hydrogens is 450 g/mol. The summed E-state index contributed by atoms with van der Waals surface area (Å²) in [7, 11) is 0. The highest BCUT2D eigenvalue weighted by Gasteiger charge is 2.31. The van der Waals surface area contributed by atoms with Gasteiger partial charge in [-0.15, -0.1) is 0 Å². The van der Waals surface area contributed by atoms with Crippen LogP contribution in [0.4, 0.5) is 5.82 Å². The minimum absolute atomic E-state index is 0.161. The normalized spacial score (nSPS) is 18.6. The number of amides is 2. The van der Waals surface area contributed by atoms with E-state index in [1.807, 2.05) is 37.3 Å². The average Bonchev–Trinajstić information content (AvgIpc) is 3.27. The number of fused-ring (bicyclic) bond motifs is 1. The summed E-state index contributed by atoms with van der Waals surface area (Å²) in [5, 5.41) is 12.0. The van der Waals surface area contributed by atoms with Gasteiger partial charge in [0, 0.05) is 17.3 Å². The summed E-state index contributed by atoms with van der Waals surface area (Å²) in [5.74, 6) is 0.345. The first-order chi connectivity index (χ1) is 16.3. The second kappa shape index (κ2) is 10.4. The number of nitrogens with two attached hydrogens (primary N) is 1. The van der Waals surface area contributed by atoms with Crippen molar-refractivity contribution in [2.24, 2.45) is 5.92 Å². The van der Waals surface area contributed by atoms with E-state index in [9.17, 15) is 9.59 Å². The van der Waals surface area contributed by atoms with E-state index < -0.39 is 6.04 Å². The molecule has 1 saturated heterocycles. The third kappa shape index (κ3) is 5.66. The Bertz CT molecular complexity index is 1220. The monoisotopic (exact) mass is 479 g/mol. The van der Waals surface area contributed by atoms with Gasteiger partial charge in [-0.05, 0) is 79.3 Å². The summed E-state index contributed by atoms with van der Waals surface area (Å²) in [5.41, 5.74) is 8.52. The number of hydrogen-bond donors (Lipinski definition) is 4. The van der Waals surface area contributed by atoms with Crippen LogP contribution in [0.15, 0.2) is 48.5 Å². The molecule has 0 aliphatic carbocycles. The highest BCUT2D eigenvalue weighted by molar-refractivity contribution is 6.31. The van der Waals surface area contributed by atoms with Crippen molar-refractivity contribution in [3.05, 3.63) is 70.4 Å². The molecule has 1 fully saturated rings. The van der Waals surface area contributed by atoms with Crippen molar-refractivity contribution in [2.75, 3.05) is 12.3 Å². The number of hydrogen-bond acceptors (Lipinski definition) is 5. The molecule has 1 aliphatic rings. The Kier molecular flexibility index (Phi) is 7.34. The fourth-order valence-corrected chi connectivity index (χ4v) is 4.75. The maximum absolute atomic E-state index is 12.8. The highest BCUT2D eigenvalue weighted by atomic mass is 35.5. The van der Waals surface area contributed by atoms with E-state index in [4.69, 9.17) is 17.3 Å². The molecule has 0 saturated carbocycles. The molecule has 1 aromatic heterocycles. The summed E-state index contributed by atoms with van der Waals surface area (Å²) >= 11 is 6.33. The van der Waals surface area contributed by atoms with Crippen LogP contribution in [0, 0.1) is 12.8 Å². The lowest BCUT2D eigenvalue weighted by Crippen LogP contribution is -2.50. The van der Waals surface area contributed by atoms with E-state index in [-0.39, 0.29) is 17.9 Å². The zero-order valence-corrected chi connectivity index (χ0v) is 20.2. The van der Waals surface area contributed by atoms with Gasteiger partial charge in [0.1, 0.15) is 11.9 Å². The van der Waals surface area contributed by atoms with Gasteiger partial charge in [-0.2, -0.15) is 0 Å². The molecule has 3 aromatic rings. The first-order valence-corrected chi connectivity index (χ1v) is 11.9. The van der Waals surface area contributed by atoms with Gasteiger partial charge in [0.25, 0.3) is 0 Å². The zero-order chi connectivity index (χ0) is 24.2. The molecule has 0 radical (unpaired) electrons. The summed E-state index contributed by atoms with van der Waals surface area (Å²) < 4.78 is 0. The van der Waals surface area contributed by atoms with Gasteiger partial charge in [-0.3, -0.25) is 9.59 Å². The second-order valence-corrected chi connectivity index (χ2v) is 9.42. The molecule has 3 atom stereocenters. The molecular formula is C26H30ClN5O2. The third-order valence-corrected chi connectivity index (χ3v) is 6.60. The van der Waals surface area contributed by atoms with Gasteiger partial charge in [-0.1, -0.05) is 41.9 Å². The third-order valence-electron chi connectivity index (χ3n) is 6.38. The van der Waals surface area contributed by atoms with Crippen LogP contribution >= 0.6 is 11.6 Å². The quantitative estimate of drug-likeness (QED) is 0.416. The Balaban J connectivity index is 1.29. The Morgan fingerprint density at radius 2 is 2.00 bits per heavy atom. The topological polar surface area (TPSA) is 109 Å². The van der Waals surface area contributed by atoms with Crippen LogP contribution in [0.5, 0.6) is 0 Å². The number of rotatable bonds is 7. The van der Waals surface area contributed by atoms with Gasteiger partial charge in [-0.25, -0.2) is 4.98 Å². The number of benzene rings is 2. The van der Waals surface area contributed by atoms with E-state index in [1.165, 1.54) is 10.9 Å². The molecule has 2 aromatic carbocycles. The smallest absolute Gasteiger partial charge is 0.242 e.